The minimum absolute atomic E-state index is 0.152. The second-order valence-electron chi connectivity index (χ2n) is 4.74. The Morgan fingerprint density at radius 2 is 1.45 bits per heavy atom. The van der Waals surface area contributed by atoms with Crippen LogP contribution in [0.2, 0.25) is 0 Å². The fraction of sp³-hybridized carbons (Fsp3) is 0.500. The molecule has 2 rings (SSSR count). The molecule has 18 nitrogen and oxygen atoms in total. The molecule has 2 heterocycles. The van der Waals surface area contributed by atoms with Gasteiger partial charge in [-0.2, -0.15) is 4.98 Å². The number of nitrogen functional groups attached to an aromatic ring is 1. The van der Waals surface area contributed by atoms with Crippen molar-refractivity contribution in [1.29, 1.82) is 0 Å². The second-order valence-corrected chi connectivity index (χ2v) is 9.01. The van der Waals surface area contributed by atoms with E-state index < -0.39 is 52.5 Å². The number of nitrogens with two attached hydrogens (primary N) is 1. The van der Waals surface area contributed by atoms with Crippen molar-refractivity contribution in [1.82, 2.24) is 9.55 Å². The number of aliphatic hydroxyl groups excluding tert-OH is 1. The molecule has 0 aliphatic carbocycles. The van der Waals surface area contributed by atoms with Gasteiger partial charge in [0.05, 0.1) is 12.8 Å². The number of phosphoric acid groups is 3. The molecule has 0 aromatic carbocycles. The van der Waals surface area contributed by atoms with Crippen LogP contribution < -0.4 is 11.4 Å². The van der Waals surface area contributed by atoms with Crippen LogP contribution in [0, 0.1) is 5.82 Å². The van der Waals surface area contributed by atoms with Crippen LogP contribution in [-0.2, 0) is 18.4 Å². The summed E-state index contributed by atoms with van der Waals surface area (Å²) in [5, 5.41) is 8.86. The van der Waals surface area contributed by atoms with Gasteiger partial charge in [0.25, 0.3) is 0 Å². The fourth-order valence-electron chi connectivity index (χ4n) is 1.35. The molecule has 0 radical (unpaired) electrons. The van der Waals surface area contributed by atoms with Crippen molar-refractivity contribution < 1.29 is 72.0 Å². The normalized spacial score (nSPS) is 18.5. The van der Waals surface area contributed by atoms with Crippen molar-refractivity contribution in [3.63, 3.8) is 0 Å². The topological polar surface area (TPSA) is 324 Å². The Labute approximate surface area is 175 Å². The highest BCUT2D eigenvalue weighted by molar-refractivity contribution is 8.00. The van der Waals surface area contributed by atoms with Crippen molar-refractivity contribution in [2.75, 3.05) is 18.1 Å². The maximum absolute atomic E-state index is 13.1. The lowest BCUT2D eigenvalue weighted by Gasteiger charge is -2.13. The first-order valence-electron chi connectivity index (χ1n) is 6.88. The Balaban J connectivity index is 0. The third-order valence-electron chi connectivity index (χ3n) is 2.13. The number of aromatic nitrogens is 2. The van der Waals surface area contributed by atoms with E-state index >= 15 is 0 Å². The predicted octanol–water partition coefficient (Wildman–Crippen LogP) is -3.24. The van der Waals surface area contributed by atoms with E-state index in [2.05, 4.69) is 4.98 Å². The van der Waals surface area contributed by atoms with Gasteiger partial charge >= 0.3 is 29.2 Å². The molecule has 1 aromatic rings. The van der Waals surface area contributed by atoms with E-state index in [4.69, 9.17) is 73.3 Å². The summed E-state index contributed by atoms with van der Waals surface area (Å²) in [5.74, 6) is -0.734. The highest BCUT2D eigenvalue weighted by Crippen LogP contribution is 2.30. The monoisotopic (exact) mass is 541 g/mol. The van der Waals surface area contributed by atoms with Crippen LogP contribution in [0.1, 0.15) is 6.23 Å². The van der Waals surface area contributed by atoms with Gasteiger partial charge in [-0.1, -0.05) is 0 Å². The van der Waals surface area contributed by atoms with Gasteiger partial charge in [-0.25, -0.2) is 22.9 Å². The maximum atomic E-state index is 13.1. The second kappa shape index (κ2) is 13.7. The van der Waals surface area contributed by atoms with Crippen LogP contribution in [0.4, 0.5) is 10.2 Å². The van der Waals surface area contributed by atoms with Crippen molar-refractivity contribution in [3.8, 4) is 0 Å². The van der Waals surface area contributed by atoms with Crippen LogP contribution in [-0.4, -0.2) is 76.5 Å². The van der Waals surface area contributed by atoms with Crippen molar-refractivity contribution in [2.24, 2.45) is 0 Å². The summed E-state index contributed by atoms with van der Waals surface area (Å²) in [6.07, 6.45) is 0.354. The summed E-state index contributed by atoms with van der Waals surface area (Å²) in [6, 6.07) is 0. The maximum Gasteiger partial charge on any atom is 0.466 e. The Hall–Kier alpha value is -0.790. The molecule has 1 aromatic heterocycles. The van der Waals surface area contributed by atoms with E-state index in [0.29, 0.717) is 5.75 Å². The molecule has 31 heavy (non-hydrogen) atoms. The fourth-order valence-corrected chi connectivity index (χ4v) is 2.28. The molecule has 0 spiro atoms. The molecular weight excluding hydrogens is 522 g/mol. The van der Waals surface area contributed by atoms with Crippen molar-refractivity contribution >= 4 is 41.0 Å². The molecule has 1 saturated heterocycles. The first-order chi connectivity index (χ1) is 13.6. The zero-order valence-corrected chi connectivity index (χ0v) is 18.3. The Morgan fingerprint density at radius 3 is 1.77 bits per heavy atom. The molecule has 12 N–H and O–H groups in total. The van der Waals surface area contributed by atoms with Crippen LogP contribution in [0.15, 0.2) is 11.0 Å². The van der Waals surface area contributed by atoms with Crippen LogP contribution >= 0.6 is 35.2 Å². The average molecular weight is 541 g/mol. The number of thioether (sulfide) groups is 1. The van der Waals surface area contributed by atoms with E-state index in [9.17, 15) is 9.18 Å². The van der Waals surface area contributed by atoms with Crippen molar-refractivity contribution in [3.05, 3.63) is 22.5 Å². The number of rotatable bonds is 2. The third kappa shape index (κ3) is 23.7. The number of hydrogen-bond acceptors (Lipinski definition) is 9. The highest BCUT2D eigenvalue weighted by atomic mass is 32.2. The molecular formula is C8H19FN3O15P3S. The van der Waals surface area contributed by atoms with Gasteiger partial charge in [-0.05, 0) is 0 Å². The average Bonchev–Trinajstić information content (AvgIpc) is 2.94. The summed E-state index contributed by atoms with van der Waals surface area (Å²) in [4.78, 5) is 79.4. The molecule has 1 aliphatic rings. The quantitative estimate of drug-likeness (QED) is 0.164. The zero-order chi connectivity index (χ0) is 25.2. The summed E-state index contributed by atoms with van der Waals surface area (Å²) in [7, 11) is -13.9. The van der Waals surface area contributed by atoms with Crippen LogP contribution in [0.3, 0.4) is 0 Å². The number of halogens is 1. The molecule has 1 aliphatic heterocycles. The Bertz CT molecular complexity index is 810. The van der Waals surface area contributed by atoms with Gasteiger partial charge in [0.15, 0.2) is 11.6 Å². The highest BCUT2D eigenvalue weighted by Gasteiger charge is 2.28. The molecule has 0 saturated carbocycles. The van der Waals surface area contributed by atoms with E-state index in [1.165, 1.54) is 11.8 Å². The van der Waals surface area contributed by atoms with E-state index in [0.717, 1.165) is 10.8 Å². The van der Waals surface area contributed by atoms with Gasteiger partial charge in [-0.15, -0.1) is 11.8 Å². The van der Waals surface area contributed by atoms with Gasteiger partial charge in [0, 0.05) is 5.75 Å². The van der Waals surface area contributed by atoms with Gasteiger partial charge in [0.2, 0.25) is 0 Å². The number of anilines is 1. The predicted molar refractivity (Wildman–Crippen MR) is 99.1 cm³/mol. The van der Waals surface area contributed by atoms with Gasteiger partial charge in [-0.3, -0.25) is 4.57 Å². The lowest BCUT2D eigenvalue weighted by molar-refractivity contribution is -0.00677. The molecule has 0 unspecified atom stereocenters. The Kier molecular flexibility index (Phi) is 14.3. The zero-order valence-electron chi connectivity index (χ0n) is 14.8. The van der Waals surface area contributed by atoms with Gasteiger partial charge in [0.1, 0.15) is 11.7 Å². The Morgan fingerprint density at radius 1 is 1.06 bits per heavy atom. The number of nitrogens with zero attached hydrogens (tertiary/aromatic N) is 2. The van der Waals surface area contributed by atoms with E-state index in [-0.39, 0.29) is 6.61 Å². The third-order valence-corrected chi connectivity index (χ3v) is 3.24. The van der Waals surface area contributed by atoms with E-state index in [1.807, 2.05) is 0 Å². The molecule has 184 valence electrons. The van der Waals surface area contributed by atoms with E-state index in [1.54, 1.807) is 0 Å². The number of ether oxygens (including phenoxy) is 1. The SMILES string of the molecule is Nc1nc(=O)n([C@@H]2CS[C@H](CO)O2)cc1F.O=P(O)(O)O.O=P(O)(O)O.O=P(O)(O)O. The number of aliphatic hydroxyl groups is 1. The summed E-state index contributed by atoms with van der Waals surface area (Å²) >= 11 is 1.35. The minimum Gasteiger partial charge on any atom is -0.393 e. The lowest BCUT2D eigenvalue weighted by Crippen LogP contribution is -2.29. The van der Waals surface area contributed by atoms with Gasteiger partial charge < -0.3 is 59.6 Å². The van der Waals surface area contributed by atoms with Crippen LogP contribution in [0.5, 0.6) is 0 Å². The molecule has 0 amide bonds. The number of hydrogen-bond donors (Lipinski definition) is 11. The summed E-state index contributed by atoms with van der Waals surface area (Å²) < 4.78 is 46.1. The van der Waals surface area contributed by atoms with Crippen molar-refractivity contribution in [2.45, 2.75) is 11.7 Å². The largest absolute Gasteiger partial charge is 0.466 e. The summed E-state index contributed by atoms with van der Waals surface area (Å²) in [6.45, 7) is -0.152. The lowest BCUT2D eigenvalue weighted by atomic mass is 10.5. The first kappa shape index (κ1) is 32.4. The molecule has 1 fully saturated rings. The molecule has 23 heteroatoms. The summed E-state index contributed by atoms with van der Waals surface area (Å²) in [5.41, 5.74) is 4.10. The molecule has 0 bridgehead atoms. The smallest absolute Gasteiger partial charge is 0.393 e. The van der Waals surface area contributed by atoms with Crippen LogP contribution in [0.25, 0.3) is 0 Å². The minimum atomic E-state index is -4.64. The molecule has 2 atom stereocenters. The standard InChI is InChI=1S/C8H10FN3O3S.3H3O4P/c9-4-1-12(8(14)11-7(4)10)5-3-16-6(2-13)15-5;3*1-5(2,3)4/h1,5-6,13H,2-3H2,(H2,10,11,14);3*(H3,1,2,3,4)/t5-,6+;;;/m0.../s1. The first-order valence-corrected chi connectivity index (χ1v) is 12.6.